The first-order chi connectivity index (χ1) is 31.2. The fourth-order valence-electron chi connectivity index (χ4n) is 5.91. The monoisotopic (exact) mass is 985 g/mol. The van der Waals surface area contributed by atoms with Crippen LogP contribution in [0.25, 0.3) is 16.7 Å². The SMILES string of the molecule is CS(=O)(=O)O.Cc1cc(N=Nc2c(C(C)(C)C)c(C#N)c3nc4ccccc4n3c2O)c(OCCCSOOO)cc1N=Nc1ccc(N=Nc2ccc(SOOO)cc2)cc1S(=O)(=O)O. The van der Waals surface area contributed by atoms with Gasteiger partial charge in [-0.1, -0.05) is 43.0 Å². The van der Waals surface area contributed by atoms with Crippen LogP contribution in [-0.2, 0) is 44.4 Å². The van der Waals surface area contributed by atoms with Gasteiger partial charge in [-0.15, -0.1) is 24.0 Å². The molecule has 23 nitrogen and oxygen atoms in total. The number of aromatic nitrogens is 2. The first-order valence-corrected chi connectivity index (χ1v) is 23.7. The second-order valence-corrected chi connectivity index (χ2v) is 18.9. The van der Waals surface area contributed by atoms with Gasteiger partial charge >= 0.3 is 0 Å². The molecule has 0 aliphatic heterocycles. The fraction of sp³-hybridized carbons (Fsp3) is 0.231. The molecular weight excluding hydrogens is 947 g/mol. The number of azo groups is 3. The lowest BCUT2D eigenvalue weighted by Gasteiger charge is -2.23. The van der Waals surface area contributed by atoms with Gasteiger partial charge < -0.3 is 9.84 Å². The summed E-state index contributed by atoms with van der Waals surface area (Å²) < 4.78 is 77.3. The maximum absolute atomic E-state index is 12.5. The Bertz CT molecular complexity index is 3060. The molecule has 348 valence electrons. The second-order valence-electron chi connectivity index (χ2n) is 14.5. The molecule has 0 radical (unpaired) electrons. The third kappa shape index (κ3) is 13.8. The third-order valence-corrected chi connectivity index (χ3v) is 10.7. The lowest BCUT2D eigenvalue weighted by molar-refractivity contribution is -0.432. The number of aromatic hydroxyl groups is 1. The molecule has 0 saturated carbocycles. The van der Waals surface area contributed by atoms with Gasteiger partial charge in [-0.05, 0) is 85.0 Å². The van der Waals surface area contributed by atoms with Crippen molar-refractivity contribution in [3.05, 3.63) is 95.6 Å². The van der Waals surface area contributed by atoms with E-state index in [1.54, 1.807) is 61.5 Å². The Labute approximate surface area is 385 Å². The van der Waals surface area contributed by atoms with Crippen LogP contribution in [0.1, 0.15) is 43.9 Å². The Balaban J connectivity index is 0.00000155. The summed E-state index contributed by atoms with van der Waals surface area (Å²) in [5.41, 5.74) is 2.62. The molecule has 66 heavy (non-hydrogen) atoms. The average Bonchev–Trinajstić information content (AvgIpc) is 3.65. The van der Waals surface area contributed by atoms with E-state index in [4.69, 9.17) is 19.8 Å². The van der Waals surface area contributed by atoms with E-state index in [0.29, 0.717) is 51.2 Å². The van der Waals surface area contributed by atoms with Crippen molar-refractivity contribution >= 4 is 95.1 Å². The summed E-state index contributed by atoms with van der Waals surface area (Å²) >= 11 is 1.60. The van der Waals surface area contributed by atoms with Gasteiger partial charge in [0.2, 0.25) is 5.88 Å². The molecule has 0 unspecified atom stereocenters. The standard InChI is InChI=1S/C38H35N9O11S3.CH4O3S/c1-22-18-30(45-46-35-34(38(2,3)4)26(21-39)36-40-27-8-5-6-9-31(27)47(36)37(35)48)32(54-16-7-17-59-57-55-49)20-29(22)44-43-28-15-12-24(19-33(28)61(51,52)53)42-41-23-10-13-25(14-11-23)60-58-56-50;1-5(2,3)4/h5-6,8-15,18-20,48-50H,7,16-17H2,1-4H3,(H,51,52,53);1H3,(H,2,3,4). The molecule has 6 rings (SSSR count). The summed E-state index contributed by atoms with van der Waals surface area (Å²) in [7, 11) is -8.49. The van der Waals surface area contributed by atoms with Crippen molar-refractivity contribution in [2.24, 2.45) is 30.7 Å². The van der Waals surface area contributed by atoms with Crippen molar-refractivity contribution < 1.29 is 65.0 Å². The Kier molecular flexibility index (Phi) is 17.4. The van der Waals surface area contributed by atoms with Crippen LogP contribution in [0, 0.1) is 18.3 Å². The van der Waals surface area contributed by atoms with Crippen LogP contribution < -0.4 is 4.74 Å². The van der Waals surface area contributed by atoms with E-state index in [1.807, 2.05) is 20.8 Å². The minimum atomic E-state index is -4.82. The van der Waals surface area contributed by atoms with E-state index >= 15 is 0 Å². The number of nitriles is 1. The predicted molar refractivity (Wildman–Crippen MR) is 240 cm³/mol. The van der Waals surface area contributed by atoms with Gasteiger partial charge in [-0.2, -0.15) is 37.4 Å². The van der Waals surface area contributed by atoms with Gasteiger partial charge in [0, 0.05) is 34.3 Å². The Morgan fingerprint density at radius 2 is 1.45 bits per heavy atom. The molecule has 0 spiro atoms. The molecule has 2 heterocycles. The van der Waals surface area contributed by atoms with Crippen molar-refractivity contribution in [2.45, 2.75) is 49.3 Å². The summed E-state index contributed by atoms with van der Waals surface area (Å²) in [5.74, 6) is 0.261. The zero-order chi connectivity index (χ0) is 48.2. The molecule has 0 aliphatic rings. The Morgan fingerprint density at radius 3 is 2.11 bits per heavy atom. The number of benzene rings is 4. The average molecular weight is 986 g/mol. The number of hydrogen-bond acceptors (Lipinski definition) is 22. The van der Waals surface area contributed by atoms with Crippen LogP contribution >= 0.6 is 24.1 Å². The first kappa shape index (κ1) is 51.0. The molecule has 4 aromatic carbocycles. The van der Waals surface area contributed by atoms with Crippen LogP contribution in [0.4, 0.5) is 34.1 Å². The molecular formula is C39H39N9O14S4. The van der Waals surface area contributed by atoms with Crippen LogP contribution in [0.5, 0.6) is 11.6 Å². The highest BCUT2D eigenvalue weighted by atomic mass is 32.2. The van der Waals surface area contributed by atoms with E-state index in [9.17, 15) is 31.8 Å². The summed E-state index contributed by atoms with van der Waals surface area (Å²) in [6.45, 7) is 7.45. The molecule has 0 saturated heterocycles. The first-order valence-electron chi connectivity index (χ1n) is 18.7. The van der Waals surface area contributed by atoms with E-state index in [2.05, 4.69) is 60.5 Å². The van der Waals surface area contributed by atoms with Crippen molar-refractivity contribution in [1.29, 1.82) is 5.26 Å². The van der Waals surface area contributed by atoms with Crippen LogP contribution in [0.15, 0.2) is 119 Å². The van der Waals surface area contributed by atoms with Crippen LogP contribution in [0.3, 0.4) is 0 Å². The van der Waals surface area contributed by atoms with E-state index in [1.165, 1.54) is 22.6 Å². The van der Waals surface area contributed by atoms with E-state index in [-0.39, 0.29) is 57.9 Å². The predicted octanol–water partition coefficient (Wildman–Crippen LogP) is 10.9. The zero-order valence-corrected chi connectivity index (χ0v) is 38.5. The molecule has 5 N–H and O–H groups in total. The highest BCUT2D eigenvalue weighted by molar-refractivity contribution is 7.94. The topological polar surface area (TPSA) is 331 Å². The van der Waals surface area contributed by atoms with Gasteiger partial charge in [0.25, 0.3) is 20.2 Å². The number of pyridine rings is 1. The Hall–Kier alpha value is -6.00. The molecule has 0 amide bonds. The Morgan fingerprint density at radius 1 is 0.818 bits per heavy atom. The second kappa shape index (κ2) is 22.5. The highest BCUT2D eigenvalue weighted by Crippen LogP contribution is 2.45. The van der Waals surface area contributed by atoms with Crippen LogP contribution in [0.2, 0.25) is 0 Å². The van der Waals surface area contributed by atoms with E-state index in [0.717, 1.165) is 30.2 Å². The van der Waals surface area contributed by atoms with Gasteiger partial charge in [0.1, 0.15) is 33.7 Å². The lowest BCUT2D eigenvalue weighted by Crippen LogP contribution is -2.15. The minimum absolute atomic E-state index is 0.0437. The maximum atomic E-state index is 12.5. The van der Waals surface area contributed by atoms with Gasteiger partial charge in [0.05, 0.1) is 53.0 Å². The quantitative estimate of drug-likeness (QED) is 0.0141. The van der Waals surface area contributed by atoms with Crippen molar-refractivity contribution in [3.63, 3.8) is 0 Å². The smallest absolute Gasteiger partial charge is 0.296 e. The number of rotatable bonds is 17. The van der Waals surface area contributed by atoms with Crippen molar-refractivity contribution in [3.8, 4) is 17.7 Å². The number of nitrogens with zero attached hydrogens (tertiary/aromatic N) is 9. The number of hydrogen-bond donors (Lipinski definition) is 5. The normalized spacial score (nSPS) is 12.4. The molecule has 0 atom stereocenters. The number of aryl methyl sites for hydroxylation is 1. The molecule has 2 aromatic heterocycles. The summed E-state index contributed by atoms with van der Waals surface area (Å²) in [5, 5.41) is 71.7. The lowest BCUT2D eigenvalue weighted by atomic mass is 9.83. The number of ether oxygens (including phenoxy) is 1. The van der Waals surface area contributed by atoms with Crippen molar-refractivity contribution in [1.82, 2.24) is 9.38 Å². The number of fused-ring (bicyclic) bond motifs is 3. The largest absolute Gasteiger partial charge is 0.493 e. The van der Waals surface area contributed by atoms with E-state index < -0.39 is 30.5 Å². The molecule has 0 aliphatic carbocycles. The molecule has 0 fully saturated rings. The van der Waals surface area contributed by atoms with Crippen LogP contribution in [-0.4, -0.2) is 69.6 Å². The summed E-state index contributed by atoms with van der Waals surface area (Å²) in [6.07, 6.45) is 1.13. The number of para-hydroxylation sites is 2. The number of imidazole rings is 1. The third-order valence-electron chi connectivity index (χ3n) is 8.57. The molecule has 27 heteroatoms. The van der Waals surface area contributed by atoms with Gasteiger partial charge in [-0.25, -0.2) is 15.5 Å². The summed E-state index contributed by atoms with van der Waals surface area (Å²) in [6, 6.07) is 22.7. The minimum Gasteiger partial charge on any atom is -0.493 e. The van der Waals surface area contributed by atoms with Crippen molar-refractivity contribution in [2.75, 3.05) is 18.6 Å². The molecule has 6 aromatic rings. The maximum Gasteiger partial charge on any atom is 0.296 e. The van der Waals surface area contributed by atoms with Gasteiger partial charge in [0.15, 0.2) is 11.3 Å². The summed E-state index contributed by atoms with van der Waals surface area (Å²) in [4.78, 5) is 4.64. The fourth-order valence-corrected chi connectivity index (χ4v) is 7.26. The van der Waals surface area contributed by atoms with Gasteiger partial charge in [-0.3, -0.25) is 13.5 Å². The molecule has 0 bridgehead atoms. The zero-order valence-electron chi connectivity index (χ0n) is 35.2. The highest BCUT2D eigenvalue weighted by Gasteiger charge is 2.30.